The Bertz CT molecular complexity index is 851. The number of carboxylic acids is 1. The highest BCUT2D eigenvalue weighted by atomic mass is 16.5. The van der Waals surface area contributed by atoms with Crippen molar-refractivity contribution in [3.05, 3.63) is 58.7 Å². The summed E-state index contributed by atoms with van der Waals surface area (Å²) in [5, 5.41) is 8.89. The van der Waals surface area contributed by atoms with Crippen LogP contribution in [0.2, 0.25) is 0 Å². The summed E-state index contributed by atoms with van der Waals surface area (Å²) in [5.74, 6) is 0.294. The summed E-state index contributed by atoms with van der Waals surface area (Å²) in [4.78, 5) is 25.9. The van der Waals surface area contributed by atoms with E-state index in [0.29, 0.717) is 43.0 Å². The number of ether oxygens (including phenoxy) is 2. The van der Waals surface area contributed by atoms with Crippen LogP contribution in [0.3, 0.4) is 0 Å². The van der Waals surface area contributed by atoms with Gasteiger partial charge in [0.1, 0.15) is 11.5 Å². The molecule has 1 N–H and O–H groups in total. The van der Waals surface area contributed by atoms with E-state index in [1.165, 1.54) is 11.1 Å². The predicted molar refractivity (Wildman–Crippen MR) is 121 cm³/mol. The number of benzene rings is 2. The zero-order chi connectivity index (χ0) is 22.8. The summed E-state index contributed by atoms with van der Waals surface area (Å²) in [5.41, 5.74) is 3.81. The number of amides is 1. The Labute approximate surface area is 184 Å². The van der Waals surface area contributed by atoms with Crippen molar-refractivity contribution in [3.63, 3.8) is 0 Å². The van der Waals surface area contributed by atoms with Crippen LogP contribution in [0.25, 0.3) is 0 Å². The number of aliphatic carboxylic acids is 1. The maximum atomic E-state index is 13.3. The van der Waals surface area contributed by atoms with Gasteiger partial charge >= 0.3 is 5.97 Å². The van der Waals surface area contributed by atoms with Gasteiger partial charge in [-0.2, -0.15) is 0 Å². The number of aryl methyl sites for hydroxylation is 2. The summed E-state index contributed by atoms with van der Waals surface area (Å²) in [6, 6.07) is 11.9. The van der Waals surface area contributed by atoms with E-state index in [2.05, 4.69) is 31.2 Å². The molecule has 31 heavy (non-hydrogen) atoms. The average molecular weight is 428 g/mol. The van der Waals surface area contributed by atoms with Crippen molar-refractivity contribution < 1.29 is 24.2 Å². The number of carboxylic acid groups (broad SMARTS) is 1. The average Bonchev–Trinajstić information content (AvgIpc) is 2.76. The Morgan fingerprint density at radius 2 is 1.48 bits per heavy atom. The molecule has 0 atom stereocenters. The van der Waals surface area contributed by atoms with Gasteiger partial charge in [-0.25, -0.2) is 0 Å². The molecule has 0 aliphatic carbocycles. The van der Waals surface area contributed by atoms with Crippen LogP contribution in [0.1, 0.15) is 52.7 Å². The third-order valence-corrected chi connectivity index (χ3v) is 5.37. The number of hydrogen-bond donors (Lipinski definition) is 1. The fourth-order valence-electron chi connectivity index (χ4n) is 3.51. The van der Waals surface area contributed by atoms with Crippen LogP contribution in [-0.2, 0) is 11.2 Å². The Morgan fingerprint density at radius 3 is 2.03 bits per heavy atom. The van der Waals surface area contributed by atoms with Gasteiger partial charge in [0.25, 0.3) is 5.91 Å². The van der Waals surface area contributed by atoms with Gasteiger partial charge in [-0.05, 0) is 57.2 Å². The first-order valence-corrected chi connectivity index (χ1v) is 10.6. The number of rotatable bonds is 12. The van der Waals surface area contributed by atoms with Crippen molar-refractivity contribution >= 4 is 11.9 Å². The van der Waals surface area contributed by atoms with Crippen LogP contribution >= 0.6 is 0 Å². The van der Waals surface area contributed by atoms with Crippen molar-refractivity contribution in [2.24, 2.45) is 0 Å². The number of methoxy groups -OCH3 is 2. The van der Waals surface area contributed by atoms with Crippen molar-refractivity contribution in [2.75, 3.05) is 27.3 Å². The highest BCUT2D eigenvalue weighted by Crippen LogP contribution is 2.30. The van der Waals surface area contributed by atoms with E-state index >= 15 is 0 Å². The Morgan fingerprint density at radius 1 is 0.903 bits per heavy atom. The summed E-state index contributed by atoms with van der Waals surface area (Å²) in [6.07, 6.45) is 2.99. The van der Waals surface area contributed by atoms with Gasteiger partial charge in [-0.15, -0.1) is 0 Å². The predicted octanol–water partition coefficient (Wildman–Crippen LogP) is 4.65. The lowest BCUT2D eigenvalue weighted by atomic mass is 10.1. The molecule has 6 heteroatoms. The number of carbonyl (C=O) groups excluding carboxylic acids is 1. The quantitative estimate of drug-likeness (QED) is 0.499. The van der Waals surface area contributed by atoms with Gasteiger partial charge in [0.2, 0.25) is 0 Å². The second-order valence-corrected chi connectivity index (χ2v) is 7.74. The van der Waals surface area contributed by atoms with E-state index in [1.54, 1.807) is 31.3 Å². The lowest BCUT2D eigenvalue weighted by Gasteiger charge is -2.24. The second kappa shape index (κ2) is 12.0. The van der Waals surface area contributed by atoms with Crippen molar-refractivity contribution in [1.82, 2.24) is 4.90 Å². The maximum Gasteiger partial charge on any atom is 0.303 e. The molecule has 2 rings (SSSR count). The molecule has 0 aliphatic rings. The molecule has 2 aromatic rings. The van der Waals surface area contributed by atoms with E-state index in [0.717, 1.165) is 18.4 Å². The van der Waals surface area contributed by atoms with Crippen LogP contribution in [0.5, 0.6) is 11.5 Å². The lowest BCUT2D eigenvalue weighted by molar-refractivity contribution is -0.137. The first kappa shape index (κ1) is 24.3. The molecule has 0 saturated heterocycles. The third kappa shape index (κ3) is 7.31. The summed E-state index contributed by atoms with van der Waals surface area (Å²) in [7, 11) is 3.14. The van der Waals surface area contributed by atoms with Gasteiger partial charge in [0, 0.05) is 30.6 Å². The van der Waals surface area contributed by atoms with Gasteiger partial charge in [-0.1, -0.05) is 29.8 Å². The molecular formula is C25H33NO5. The molecule has 0 saturated carbocycles. The number of nitrogens with zero attached hydrogens (tertiary/aromatic N) is 1. The van der Waals surface area contributed by atoms with Crippen LogP contribution in [0.15, 0.2) is 36.4 Å². The Kier molecular flexibility index (Phi) is 9.38. The normalized spacial score (nSPS) is 10.6. The molecule has 1 amide bonds. The topological polar surface area (TPSA) is 76.1 Å². The zero-order valence-corrected chi connectivity index (χ0v) is 18.9. The molecule has 2 aromatic carbocycles. The van der Waals surface area contributed by atoms with Gasteiger partial charge in [-0.3, -0.25) is 9.59 Å². The van der Waals surface area contributed by atoms with E-state index in [4.69, 9.17) is 14.6 Å². The molecule has 168 valence electrons. The molecular weight excluding hydrogens is 394 g/mol. The van der Waals surface area contributed by atoms with E-state index < -0.39 is 5.97 Å². The third-order valence-electron chi connectivity index (χ3n) is 5.37. The molecule has 0 heterocycles. The van der Waals surface area contributed by atoms with E-state index in [1.807, 2.05) is 6.92 Å². The largest absolute Gasteiger partial charge is 0.496 e. The monoisotopic (exact) mass is 427 g/mol. The van der Waals surface area contributed by atoms with Crippen LogP contribution in [0, 0.1) is 13.8 Å². The molecule has 0 bridgehead atoms. The minimum Gasteiger partial charge on any atom is -0.496 e. The van der Waals surface area contributed by atoms with Crippen molar-refractivity contribution in [3.8, 4) is 11.5 Å². The van der Waals surface area contributed by atoms with Crippen LogP contribution in [0.4, 0.5) is 0 Å². The SMILES string of the molecule is COc1cc(C(=O)N(CCCCC(=O)O)CCCc2ccc(C)cc2)cc(OC)c1C. The highest BCUT2D eigenvalue weighted by Gasteiger charge is 2.19. The smallest absolute Gasteiger partial charge is 0.303 e. The van der Waals surface area contributed by atoms with Gasteiger partial charge in [0.15, 0.2) is 0 Å². The molecule has 0 spiro atoms. The van der Waals surface area contributed by atoms with Crippen LogP contribution < -0.4 is 9.47 Å². The Balaban J connectivity index is 2.12. The fraction of sp³-hybridized carbons (Fsp3) is 0.440. The zero-order valence-electron chi connectivity index (χ0n) is 18.9. The second-order valence-electron chi connectivity index (χ2n) is 7.74. The number of unbranched alkanes of at least 4 members (excludes halogenated alkanes) is 1. The molecule has 0 unspecified atom stereocenters. The number of carbonyl (C=O) groups is 2. The van der Waals surface area contributed by atoms with Gasteiger partial charge in [0.05, 0.1) is 14.2 Å². The Hall–Kier alpha value is -3.02. The standard InChI is InChI=1S/C25H33NO5/c1-18-10-12-20(13-11-18)8-7-15-26(14-6-5-9-24(27)28)25(29)21-16-22(30-3)19(2)23(17-21)31-4/h10-13,16-17H,5-9,14-15H2,1-4H3,(H,27,28). The summed E-state index contributed by atoms with van der Waals surface area (Å²) >= 11 is 0. The molecule has 0 aliphatic heterocycles. The molecule has 6 nitrogen and oxygen atoms in total. The lowest BCUT2D eigenvalue weighted by Crippen LogP contribution is -2.33. The first-order valence-electron chi connectivity index (χ1n) is 10.6. The molecule has 0 fully saturated rings. The summed E-state index contributed by atoms with van der Waals surface area (Å²) in [6.45, 7) is 5.05. The fourth-order valence-corrected chi connectivity index (χ4v) is 3.51. The highest BCUT2D eigenvalue weighted by molar-refractivity contribution is 5.95. The van der Waals surface area contributed by atoms with Gasteiger partial charge < -0.3 is 19.5 Å². The maximum absolute atomic E-state index is 13.3. The van der Waals surface area contributed by atoms with E-state index in [-0.39, 0.29) is 12.3 Å². The number of hydrogen-bond acceptors (Lipinski definition) is 4. The summed E-state index contributed by atoms with van der Waals surface area (Å²) < 4.78 is 10.8. The first-order chi connectivity index (χ1) is 14.8. The van der Waals surface area contributed by atoms with Crippen molar-refractivity contribution in [1.29, 1.82) is 0 Å². The van der Waals surface area contributed by atoms with Crippen molar-refractivity contribution in [2.45, 2.75) is 46.0 Å². The van der Waals surface area contributed by atoms with E-state index in [9.17, 15) is 9.59 Å². The molecule has 0 radical (unpaired) electrons. The minimum absolute atomic E-state index is 0.101. The molecule has 0 aromatic heterocycles. The van der Waals surface area contributed by atoms with Crippen LogP contribution in [-0.4, -0.2) is 49.2 Å². The minimum atomic E-state index is -0.815.